The summed E-state index contributed by atoms with van der Waals surface area (Å²) in [6, 6.07) is 7.91. The molecule has 0 aliphatic carbocycles. The molecule has 0 bridgehead atoms. The van der Waals surface area contributed by atoms with Crippen molar-refractivity contribution in [3.8, 4) is 0 Å². The molecule has 0 aromatic heterocycles. The van der Waals surface area contributed by atoms with Gasteiger partial charge < -0.3 is 9.80 Å². The Kier molecular flexibility index (Phi) is 6.11. The van der Waals surface area contributed by atoms with E-state index in [1.807, 2.05) is 29.2 Å². The molecule has 1 aromatic rings. The third kappa shape index (κ3) is 4.42. The summed E-state index contributed by atoms with van der Waals surface area (Å²) < 4.78 is 0. The first-order valence-electron chi connectivity index (χ1n) is 9.86. The van der Waals surface area contributed by atoms with E-state index in [-0.39, 0.29) is 11.8 Å². The van der Waals surface area contributed by atoms with E-state index in [1.54, 1.807) is 0 Å². The number of likely N-dealkylation sites (tertiary alicyclic amines) is 2. The Bertz CT molecular complexity index is 580. The van der Waals surface area contributed by atoms with Crippen LogP contribution in [0, 0.1) is 5.92 Å². The van der Waals surface area contributed by atoms with Crippen molar-refractivity contribution in [1.29, 1.82) is 0 Å². The van der Waals surface area contributed by atoms with E-state index in [0.29, 0.717) is 19.0 Å². The SMILES string of the molecule is CCc1ccc(C(=O)N2CCC(C(=O)N3CCCCCC3)CC2)cc1. The molecule has 2 heterocycles. The summed E-state index contributed by atoms with van der Waals surface area (Å²) in [4.78, 5) is 29.4. The first kappa shape index (κ1) is 18.0. The fourth-order valence-corrected chi connectivity index (χ4v) is 3.94. The van der Waals surface area contributed by atoms with E-state index in [1.165, 1.54) is 18.4 Å². The van der Waals surface area contributed by atoms with Crippen LogP contribution in [0.5, 0.6) is 0 Å². The van der Waals surface area contributed by atoms with Crippen LogP contribution in [0.4, 0.5) is 0 Å². The summed E-state index contributed by atoms with van der Waals surface area (Å²) in [7, 11) is 0. The zero-order valence-corrected chi connectivity index (χ0v) is 15.4. The van der Waals surface area contributed by atoms with Crippen molar-refractivity contribution in [3.63, 3.8) is 0 Å². The van der Waals surface area contributed by atoms with Crippen LogP contribution >= 0.6 is 0 Å². The van der Waals surface area contributed by atoms with Gasteiger partial charge in [-0.3, -0.25) is 9.59 Å². The Morgan fingerprint density at radius 2 is 1.48 bits per heavy atom. The molecule has 2 aliphatic heterocycles. The lowest BCUT2D eigenvalue weighted by Crippen LogP contribution is -2.44. The molecule has 4 nitrogen and oxygen atoms in total. The van der Waals surface area contributed by atoms with Crippen LogP contribution in [0.3, 0.4) is 0 Å². The first-order valence-corrected chi connectivity index (χ1v) is 9.86. The van der Waals surface area contributed by atoms with Crippen LogP contribution in [0.1, 0.15) is 61.4 Å². The Balaban J connectivity index is 1.53. The molecular weight excluding hydrogens is 312 g/mol. The normalized spacial score (nSPS) is 19.6. The third-order valence-electron chi connectivity index (χ3n) is 5.66. The van der Waals surface area contributed by atoms with E-state index in [4.69, 9.17) is 0 Å². The fraction of sp³-hybridized carbons (Fsp3) is 0.619. The van der Waals surface area contributed by atoms with Gasteiger partial charge in [0.2, 0.25) is 5.91 Å². The predicted molar refractivity (Wildman–Crippen MR) is 99.5 cm³/mol. The molecule has 2 amide bonds. The highest BCUT2D eigenvalue weighted by molar-refractivity contribution is 5.94. The highest BCUT2D eigenvalue weighted by Crippen LogP contribution is 2.23. The molecule has 0 saturated carbocycles. The molecule has 0 N–H and O–H groups in total. The number of hydrogen-bond donors (Lipinski definition) is 0. The smallest absolute Gasteiger partial charge is 0.253 e. The topological polar surface area (TPSA) is 40.6 Å². The fourth-order valence-electron chi connectivity index (χ4n) is 3.94. The largest absolute Gasteiger partial charge is 0.342 e. The van der Waals surface area contributed by atoms with Crippen LogP contribution in [0.15, 0.2) is 24.3 Å². The predicted octanol–water partition coefficient (Wildman–Crippen LogP) is 3.50. The second-order valence-electron chi connectivity index (χ2n) is 7.36. The Hall–Kier alpha value is -1.84. The average Bonchev–Trinajstić information content (AvgIpc) is 2.96. The average molecular weight is 342 g/mol. The molecule has 1 aromatic carbocycles. The lowest BCUT2D eigenvalue weighted by Gasteiger charge is -2.34. The summed E-state index contributed by atoms with van der Waals surface area (Å²) in [5.74, 6) is 0.522. The van der Waals surface area contributed by atoms with Crippen LogP contribution in [0.2, 0.25) is 0 Å². The number of hydrogen-bond acceptors (Lipinski definition) is 2. The number of piperidine rings is 1. The second-order valence-corrected chi connectivity index (χ2v) is 7.36. The zero-order valence-electron chi connectivity index (χ0n) is 15.4. The van der Waals surface area contributed by atoms with Gasteiger partial charge in [0, 0.05) is 37.7 Å². The van der Waals surface area contributed by atoms with Crippen molar-refractivity contribution in [1.82, 2.24) is 9.80 Å². The maximum absolute atomic E-state index is 12.7. The van der Waals surface area contributed by atoms with Gasteiger partial charge in [0.1, 0.15) is 0 Å². The van der Waals surface area contributed by atoms with Crippen LogP contribution in [-0.4, -0.2) is 47.8 Å². The summed E-state index contributed by atoms with van der Waals surface area (Å²) in [5.41, 5.74) is 2.01. The second kappa shape index (κ2) is 8.50. The van der Waals surface area contributed by atoms with Crippen molar-refractivity contribution >= 4 is 11.8 Å². The van der Waals surface area contributed by atoms with Crippen LogP contribution < -0.4 is 0 Å². The highest BCUT2D eigenvalue weighted by atomic mass is 16.2. The van der Waals surface area contributed by atoms with E-state index < -0.39 is 0 Å². The minimum Gasteiger partial charge on any atom is -0.342 e. The quantitative estimate of drug-likeness (QED) is 0.843. The molecule has 0 radical (unpaired) electrons. The lowest BCUT2D eigenvalue weighted by molar-refractivity contribution is -0.136. The number of aryl methyl sites for hydroxylation is 1. The molecule has 2 fully saturated rings. The number of amides is 2. The Morgan fingerprint density at radius 3 is 2.04 bits per heavy atom. The van der Waals surface area contributed by atoms with Gasteiger partial charge in [0.25, 0.3) is 5.91 Å². The number of carbonyl (C=O) groups is 2. The molecule has 0 spiro atoms. The van der Waals surface area contributed by atoms with E-state index >= 15 is 0 Å². The van der Waals surface area contributed by atoms with E-state index in [2.05, 4.69) is 11.8 Å². The number of nitrogens with zero attached hydrogens (tertiary/aromatic N) is 2. The lowest BCUT2D eigenvalue weighted by atomic mass is 9.94. The molecule has 2 aliphatic rings. The van der Waals surface area contributed by atoms with E-state index in [0.717, 1.165) is 50.8 Å². The maximum Gasteiger partial charge on any atom is 0.253 e. The van der Waals surface area contributed by atoms with Gasteiger partial charge in [-0.25, -0.2) is 0 Å². The van der Waals surface area contributed by atoms with Gasteiger partial charge in [-0.1, -0.05) is 31.9 Å². The van der Waals surface area contributed by atoms with Crippen LogP contribution in [0.25, 0.3) is 0 Å². The minimum atomic E-state index is 0.100. The Morgan fingerprint density at radius 1 is 0.880 bits per heavy atom. The number of rotatable bonds is 3. The van der Waals surface area contributed by atoms with Gasteiger partial charge >= 0.3 is 0 Å². The van der Waals surface area contributed by atoms with Crippen LogP contribution in [-0.2, 0) is 11.2 Å². The minimum absolute atomic E-state index is 0.100. The van der Waals surface area contributed by atoms with Gasteiger partial charge in [0.05, 0.1) is 0 Å². The van der Waals surface area contributed by atoms with Crippen molar-refractivity contribution in [2.75, 3.05) is 26.2 Å². The zero-order chi connectivity index (χ0) is 17.6. The van der Waals surface area contributed by atoms with E-state index in [9.17, 15) is 9.59 Å². The van der Waals surface area contributed by atoms with Gasteiger partial charge in [-0.15, -0.1) is 0 Å². The maximum atomic E-state index is 12.7. The molecule has 0 atom stereocenters. The Labute approximate surface area is 151 Å². The molecular formula is C21H30N2O2. The summed E-state index contributed by atoms with van der Waals surface area (Å²) in [6.07, 6.45) is 7.34. The molecule has 25 heavy (non-hydrogen) atoms. The summed E-state index contributed by atoms with van der Waals surface area (Å²) >= 11 is 0. The highest BCUT2D eigenvalue weighted by Gasteiger charge is 2.30. The van der Waals surface area contributed by atoms with Gasteiger partial charge in [0.15, 0.2) is 0 Å². The van der Waals surface area contributed by atoms with Crippen molar-refractivity contribution in [3.05, 3.63) is 35.4 Å². The monoisotopic (exact) mass is 342 g/mol. The van der Waals surface area contributed by atoms with Gasteiger partial charge in [-0.2, -0.15) is 0 Å². The third-order valence-corrected chi connectivity index (χ3v) is 5.66. The molecule has 3 rings (SSSR count). The molecule has 0 unspecified atom stereocenters. The molecule has 2 saturated heterocycles. The molecule has 136 valence electrons. The first-order chi connectivity index (χ1) is 12.2. The number of benzene rings is 1. The van der Waals surface area contributed by atoms with Crippen molar-refractivity contribution in [2.24, 2.45) is 5.92 Å². The van der Waals surface area contributed by atoms with Gasteiger partial charge in [-0.05, 0) is 49.8 Å². The summed E-state index contributed by atoms with van der Waals surface area (Å²) in [6.45, 7) is 5.34. The number of carbonyl (C=O) groups excluding carboxylic acids is 2. The van der Waals surface area contributed by atoms with Crippen molar-refractivity contribution < 1.29 is 9.59 Å². The standard InChI is InChI=1S/C21H30N2O2/c1-2-17-7-9-18(10-8-17)20(24)23-15-11-19(12-16-23)21(25)22-13-5-3-4-6-14-22/h7-10,19H,2-6,11-16H2,1H3. The summed E-state index contributed by atoms with van der Waals surface area (Å²) in [5, 5.41) is 0. The van der Waals surface area contributed by atoms with Crippen molar-refractivity contribution in [2.45, 2.75) is 51.9 Å². The molecule has 4 heteroatoms.